The molecule has 1 aliphatic rings. The number of nitrogens with one attached hydrogen (secondary N) is 1. The Bertz CT molecular complexity index is 457. The molecule has 1 unspecified atom stereocenters. The van der Waals surface area contributed by atoms with Crippen LogP contribution in [0.5, 0.6) is 0 Å². The molecule has 0 spiro atoms. The van der Waals surface area contributed by atoms with Gasteiger partial charge in [-0.1, -0.05) is 11.6 Å². The van der Waals surface area contributed by atoms with Crippen LogP contribution in [-0.2, 0) is 4.79 Å². The van der Waals surface area contributed by atoms with Crippen LogP contribution < -0.4 is 10.2 Å². The molecule has 1 atom stereocenters. The number of nitrogens with zero attached hydrogens (tertiary/aromatic N) is 1. The van der Waals surface area contributed by atoms with Crippen molar-refractivity contribution in [3.05, 3.63) is 29.3 Å². The first-order valence-corrected chi connectivity index (χ1v) is 5.73. The first-order chi connectivity index (χ1) is 8.13. The molecule has 0 aliphatic carbocycles. The maximum atomic E-state index is 11.6. The van der Waals surface area contributed by atoms with E-state index in [2.05, 4.69) is 5.32 Å². The average Bonchev–Trinajstić information content (AvgIpc) is 2.33. The molecule has 1 saturated heterocycles. The Morgan fingerprint density at radius 3 is 2.94 bits per heavy atom. The second-order valence-electron chi connectivity index (χ2n) is 4.34. The fourth-order valence-corrected chi connectivity index (χ4v) is 2.14. The highest BCUT2D eigenvalue weighted by atomic mass is 16.2. The smallest absolute Gasteiger partial charge is 0.242 e. The van der Waals surface area contributed by atoms with E-state index in [1.807, 2.05) is 36.9 Å². The molecule has 0 aromatic heterocycles. The fraction of sp³-hybridized carbons (Fsp3) is 0.385. The first kappa shape index (κ1) is 11.6. The molecule has 1 aliphatic heterocycles. The number of carbonyl (C=O) groups is 2. The molecule has 90 valence electrons. The van der Waals surface area contributed by atoms with Gasteiger partial charge in [0.25, 0.3) is 0 Å². The van der Waals surface area contributed by atoms with Gasteiger partial charge in [-0.25, -0.2) is 0 Å². The molecular formula is C13H16N2O2. The van der Waals surface area contributed by atoms with Crippen LogP contribution in [0, 0.1) is 6.92 Å². The molecule has 4 nitrogen and oxygen atoms in total. The minimum Gasteiger partial charge on any atom is -0.357 e. The van der Waals surface area contributed by atoms with Crippen molar-refractivity contribution in [2.45, 2.75) is 19.9 Å². The van der Waals surface area contributed by atoms with Crippen molar-refractivity contribution < 1.29 is 9.59 Å². The second kappa shape index (κ2) is 4.57. The lowest BCUT2D eigenvalue weighted by Gasteiger charge is -2.35. The van der Waals surface area contributed by atoms with E-state index in [1.54, 1.807) is 0 Å². The van der Waals surface area contributed by atoms with E-state index in [4.69, 9.17) is 0 Å². The van der Waals surface area contributed by atoms with Crippen molar-refractivity contribution >= 4 is 17.9 Å². The molecule has 1 aromatic carbocycles. The number of rotatable bonds is 2. The Balaban J connectivity index is 2.38. The standard InChI is InChI=1S/C13H16N2O2/c1-9-3-4-12(11(7-9)8-16)15-6-5-14-13(17)10(15)2/h3-4,7-8,10H,5-6H2,1-2H3,(H,14,17). The summed E-state index contributed by atoms with van der Waals surface area (Å²) in [6, 6.07) is 5.49. The molecule has 1 fully saturated rings. The SMILES string of the molecule is Cc1ccc(N2CCNC(=O)C2C)c(C=O)c1. The number of benzene rings is 1. The molecule has 0 radical (unpaired) electrons. The molecule has 17 heavy (non-hydrogen) atoms. The zero-order valence-corrected chi connectivity index (χ0v) is 10.1. The third-order valence-electron chi connectivity index (χ3n) is 3.12. The maximum absolute atomic E-state index is 11.6. The van der Waals surface area contributed by atoms with Crippen molar-refractivity contribution in [1.29, 1.82) is 0 Å². The average molecular weight is 232 g/mol. The monoisotopic (exact) mass is 232 g/mol. The Labute approximate surface area is 101 Å². The highest BCUT2D eigenvalue weighted by Gasteiger charge is 2.26. The molecular weight excluding hydrogens is 216 g/mol. The van der Waals surface area contributed by atoms with E-state index in [1.165, 1.54) is 0 Å². The van der Waals surface area contributed by atoms with Gasteiger partial charge in [0.2, 0.25) is 5.91 Å². The van der Waals surface area contributed by atoms with E-state index in [9.17, 15) is 9.59 Å². The highest BCUT2D eigenvalue weighted by Crippen LogP contribution is 2.23. The predicted molar refractivity (Wildman–Crippen MR) is 66.4 cm³/mol. The van der Waals surface area contributed by atoms with Crippen LogP contribution in [0.1, 0.15) is 22.8 Å². The first-order valence-electron chi connectivity index (χ1n) is 5.73. The van der Waals surface area contributed by atoms with Gasteiger partial charge in [0.05, 0.1) is 0 Å². The fourth-order valence-electron chi connectivity index (χ4n) is 2.14. The summed E-state index contributed by atoms with van der Waals surface area (Å²) in [5.41, 5.74) is 2.53. The third-order valence-corrected chi connectivity index (χ3v) is 3.12. The van der Waals surface area contributed by atoms with Crippen LogP contribution in [0.4, 0.5) is 5.69 Å². The van der Waals surface area contributed by atoms with E-state index >= 15 is 0 Å². The number of aldehydes is 1. The topological polar surface area (TPSA) is 49.4 Å². The summed E-state index contributed by atoms with van der Waals surface area (Å²) in [5, 5.41) is 2.81. The van der Waals surface area contributed by atoms with Gasteiger partial charge in [0.15, 0.2) is 6.29 Å². The molecule has 1 heterocycles. The molecule has 4 heteroatoms. The van der Waals surface area contributed by atoms with Crippen LogP contribution in [0.2, 0.25) is 0 Å². The van der Waals surface area contributed by atoms with Crippen molar-refractivity contribution in [2.24, 2.45) is 0 Å². The van der Waals surface area contributed by atoms with Gasteiger partial charge in [-0.2, -0.15) is 0 Å². The number of aryl methyl sites for hydroxylation is 1. The Morgan fingerprint density at radius 1 is 1.47 bits per heavy atom. The molecule has 2 rings (SSSR count). The van der Waals surface area contributed by atoms with Crippen molar-refractivity contribution in [3.63, 3.8) is 0 Å². The van der Waals surface area contributed by atoms with Crippen LogP contribution >= 0.6 is 0 Å². The van der Waals surface area contributed by atoms with E-state index in [-0.39, 0.29) is 11.9 Å². The number of amides is 1. The van der Waals surface area contributed by atoms with E-state index < -0.39 is 0 Å². The summed E-state index contributed by atoms with van der Waals surface area (Å²) in [5.74, 6) is 0.00803. The van der Waals surface area contributed by atoms with Crippen molar-refractivity contribution in [2.75, 3.05) is 18.0 Å². The van der Waals surface area contributed by atoms with Crippen LogP contribution in [0.25, 0.3) is 0 Å². The van der Waals surface area contributed by atoms with Gasteiger partial charge < -0.3 is 10.2 Å². The van der Waals surface area contributed by atoms with Gasteiger partial charge in [-0.3, -0.25) is 9.59 Å². The molecule has 1 aromatic rings. The van der Waals surface area contributed by atoms with Gasteiger partial charge in [-0.15, -0.1) is 0 Å². The Hall–Kier alpha value is -1.84. The number of piperazine rings is 1. The third kappa shape index (κ3) is 2.16. The minimum absolute atomic E-state index is 0.00803. The molecule has 1 N–H and O–H groups in total. The quantitative estimate of drug-likeness (QED) is 0.778. The summed E-state index contributed by atoms with van der Waals surface area (Å²) in [7, 11) is 0. The lowest BCUT2D eigenvalue weighted by atomic mass is 10.1. The minimum atomic E-state index is -0.231. The normalized spacial score (nSPS) is 20.0. The number of anilines is 1. The number of carbonyl (C=O) groups excluding carboxylic acids is 2. The van der Waals surface area contributed by atoms with Crippen molar-refractivity contribution in [3.8, 4) is 0 Å². The second-order valence-corrected chi connectivity index (χ2v) is 4.34. The van der Waals surface area contributed by atoms with Crippen LogP contribution in [0.3, 0.4) is 0 Å². The molecule has 0 bridgehead atoms. The van der Waals surface area contributed by atoms with Crippen LogP contribution in [-0.4, -0.2) is 31.3 Å². The lowest BCUT2D eigenvalue weighted by molar-refractivity contribution is -0.122. The van der Waals surface area contributed by atoms with Gasteiger partial charge in [0, 0.05) is 24.3 Å². The molecule has 1 amide bonds. The van der Waals surface area contributed by atoms with Gasteiger partial charge in [-0.05, 0) is 26.0 Å². The van der Waals surface area contributed by atoms with Gasteiger partial charge >= 0.3 is 0 Å². The summed E-state index contributed by atoms with van der Waals surface area (Å²) < 4.78 is 0. The zero-order chi connectivity index (χ0) is 12.4. The maximum Gasteiger partial charge on any atom is 0.242 e. The van der Waals surface area contributed by atoms with Crippen molar-refractivity contribution in [1.82, 2.24) is 5.32 Å². The highest BCUT2D eigenvalue weighted by molar-refractivity contribution is 5.90. The van der Waals surface area contributed by atoms with E-state index in [0.29, 0.717) is 12.1 Å². The van der Waals surface area contributed by atoms with E-state index in [0.717, 1.165) is 24.1 Å². The number of hydrogen-bond acceptors (Lipinski definition) is 3. The summed E-state index contributed by atoms with van der Waals surface area (Å²) in [6.45, 7) is 5.15. The van der Waals surface area contributed by atoms with Crippen LogP contribution in [0.15, 0.2) is 18.2 Å². The zero-order valence-electron chi connectivity index (χ0n) is 10.1. The van der Waals surface area contributed by atoms with Gasteiger partial charge in [0.1, 0.15) is 6.04 Å². The summed E-state index contributed by atoms with van der Waals surface area (Å²) in [4.78, 5) is 24.7. The predicted octanol–water partition coefficient (Wildman–Crippen LogP) is 1.13. The number of hydrogen-bond donors (Lipinski definition) is 1. The Kier molecular flexibility index (Phi) is 3.13. The lowest BCUT2D eigenvalue weighted by Crippen LogP contribution is -2.54. The Morgan fingerprint density at radius 2 is 2.24 bits per heavy atom. The molecule has 0 saturated carbocycles. The summed E-state index contributed by atoms with van der Waals surface area (Å²) in [6.07, 6.45) is 0.849. The largest absolute Gasteiger partial charge is 0.357 e. The summed E-state index contributed by atoms with van der Waals surface area (Å²) >= 11 is 0.